The number of benzene rings is 2. The van der Waals surface area contributed by atoms with Crippen molar-refractivity contribution in [2.75, 3.05) is 17.2 Å². The third-order valence-corrected chi connectivity index (χ3v) is 5.46. The number of nitrogens with one attached hydrogen (secondary N) is 2. The fourth-order valence-corrected chi connectivity index (χ4v) is 3.57. The fraction of sp³-hybridized carbons (Fsp3) is 0.286. The van der Waals surface area contributed by atoms with Crippen LogP contribution in [0.15, 0.2) is 47.4 Å². The van der Waals surface area contributed by atoms with Crippen LogP contribution in [-0.4, -0.2) is 29.6 Å². The van der Waals surface area contributed by atoms with Gasteiger partial charge in [-0.05, 0) is 55.8 Å². The van der Waals surface area contributed by atoms with Crippen molar-refractivity contribution in [3.63, 3.8) is 0 Å². The summed E-state index contributed by atoms with van der Waals surface area (Å²) in [6.45, 7) is 4.27. The van der Waals surface area contributed by atoms with Crippen LogP contribution >= 0.6 is 11.8 Å². The quantitative estimate of drug-likeness (QED) is 0.559. The van der Waals surface area contributed by atoms with Crippen LogP contribution in [0.5, 0.6) is 0 Å². The van der Waals surface area contributed by atoms with Gasteiger partial charge in [-0.15, -0.1) is 11.8 Å². The van der Waals surface area contributed by atoms with Crippen LogP contribution < -0.4 is 10.6 Å². The first-order valence-electron chi connectivity index (χ1n) is 9.18. The number of unbranched alkanes of at least 4 members (excludes halogenated alkanes) is 1. The van der Waals surface area contributed by atoms with Crippen LogP contribution in [0.3, 0.4) is 0 Å². The molecule has 0 spiro atoms. The molecule has 3 rings (SSSR count). The summed E-state index contributed by atoms with van der Waals surface area (Å²) in [6, 6.07) is 11.8. The van der Waals surface area contributed by atoms with Gasteiger partial charge in [-0.25, -0.2) is 4.79 Å². The molecular weight excluding hydrogens is 376 g/mol. The van der Waals surface area contributed by atoms with Crippen molar-refractivity contribution >= 4 is 40.9 Å². The summed E-state index contributed by atoms with van der Waals surface area (Å²) in [5, 5.41) is 5.46. The maximum absolute atomic E-state index is 12.5. The maximum Gasteiger partial charge on any atom is 0.338 e. The van der Waals surface area contributed by atoms with E-state index in [0.29, 0.717) is 29.1 Å². The van der Waals surface area contributed by atoms with Crippen LogP contribution in [0.4, 0.5) is 11.4 Å². The van der Waals surface area contributed by atoms with Gasteiger partial charge in [0.15, 0.2) is 0 Å². The van der Waals surface area contributed by atoms with Gasteiger partial charge >= 0.3 is 5.97 Å². The number of hydrogen-bond donors (Lipinski definition) is 2. The van der Waals surface area contributed by atoms with E-state index < -0.39 is 0 Å². The number of ether oxygens (including phenoxy) is 1. The molecule has 28 heavy (non-hydrogen) atoms. The highest BCUT2D eigenvalue weighted by molar-refractivity contribution is 8.00. The Kier molecular flexibility index (Phi) is 6.36. The van der Waals surface area contributed by atoms with E-state index in [4.69, 9.17) is 4.74 Å². The summed E-state index contributed by atoms with van der Waals surface area (Å²) in [5.41, 5.74) is 2.10. The first kappa shape index (κ1) is 19.9. The zero-order valence-corrected chi connectivity index (χ0v) is 16.6. The molecule has 0 saturated carbocycles. The molecule has 1 atom stereocenters. The molecule has 1 heterocycles. The van der Waals surface area contributed by atoms with Crippen LogP contribution in [0.1, 0.15) is 47.4 Å². The van der Waals surface area contributed by atoms with E-state index in [-0.39, 0.29) is 23.0 Å². The van der Waals surface area contributed by atoms with Crippen molar-refractivity contribution in [2.45, 2.75) is 36.8 Å². The number of esters is 1. The smallest absolute Gasteiger partial charge is 0.338 e. The third kappa shape index (κ3) is 4.72. The molecule has 0 radical (unpaired) electrons. The first-order valence-corrected chi connectivity index (χ1v) is 10.1. The molecule has 7 heteroatoms. The van der Waals surface area contributed by atoms with Crippen LogP contribution in [-0.2, 0) is 9.53 Å². The molecule has 2 N–H and O–H groups in total. The fourth-order valence-electron chi connectivity index (χ4n) is 2.64. The maximum atomic E-state index is 12.5. The van der Waals surface area contributed by atoms with Crippen LogP contribution in [0.2, 0.25) is 0 Å². The van der Waals surface area contributed by atoms with Crippen molar-refractivity contribution in [1.82, 2.24) is 0 Å². The summed E-state index contributed by atoms with van der Waals surface area (Å²) in [5.74, 6) is -0.737. The highest BCUT2D eigenvalue weighted by atomic mass is 32.2. The number of carbonyl (C=O) groups excluding carboxylic acids is 3. The second-order valence-corrected chi connectivity index (χ2v) is 7.86. The second kappa shape index (κ2) is 8.93. The molecule has 6 nitrogen and oxygen atoms in total. The van der Waals surface area contributed by atoms with E-state index in [1.165, 1.54) is 11.8 Å². The Labute approximate surface area is 168 Å². The van der Waals surface area contributed by atoms with Crippen molar-refractivity contribution in [2.24, 2.45) is 0 Å². The van der Waals surface area contributed by atoms with Crippen LogP contribution in [0, 0.1) is 0 Å². The predicted octanol–water partition coefficient (Wildman–Crippen LogP) is 4.33. The molecule has 0 aromatic heterocycles. The monoisotopic (exact) mass is 398 g/mol. The largest absolute Gasteiger partial charge is 0.462 e. The standard InChI is InChI=1S/C21H22N2O4S/c1-3-4-11-27-21(26)14-5-8-16(9-6-14)22-20(25)15-7-10-18-17(12-15)23-19(24)13(2)28-18/h5-10,12-13H,3-4,11H2,1-2H3,(H,22,25)(H,23,24). The molecule has 0 saturated heterocycles. The van der Waals surface area contributed by atoms with Gasteiger partial charge in [-0.1, -0.05) is 13.3 Å². The number of rotatable bonds is 6. The van der Waals surface area contributed by atoms with Gasteiger partial charge in [0.05, 0.1) is 23.1 Å². The highest BCUT2D eigenvalue weighted by Crippen LogP contribution is 2.36. The van der Waals surface area contributed by atoms with Crippen molar-refractivity contribution < 1.29 is 19.1 Å². The van der Waals surface area contributed by atoms with E-state index in [0.717, 1.165) is 17.7 Å². The molecular formula is C21H22N2O4S. The zero-order valence-electron chi connectivity index (χ0n) is 15.8. The number of fused-ring (bicyclic) bond motifs is 1. The lowest BCUT2D eigenvalue weighted by molar-refractivity contribution is -0.115. The number of carbonyl (C=O) groups is 3. The number of hydrogen-bond acceptors (Lipinski definition) is 5. The Balaban J connectivity index is 1.64. The van der Waals surface area contributed by atoms with E-state index in [2.05, 4.69) is 10.6 Å². The number of anilines is 2. The lowest BCUT2D eigenvalue weighted by Crippen LogP contribution is -2.26. The Morgan fingerprint density at radius 2 is 1.86 bits per heavy atom. The van der Waals surface area contributed by atoms with Crippen LogP contribution in [0.25, 0.3) is 0 Å². The molecule has 1 aliphatic rings. The highest BCUT2D eigenvalue weighted by Gasteiger charge is 2.23. The van der Waals surface area contributed by atoms with Crippen molar-refractivity contribution in [1.29, 1.82) is 0 Å². The minimum Gasteiger partial charge on any atom is -0.462 e. The van der Waals surface area contributed by atoms with Gasteiger partial charge in [0.1, 0.15) is 0 Å². The van der Waals surface area contributed by atoms with Gasteiger partial charge in [0, 0.05) is 16.1 Å². The lowest BCUT2D eigenvalue weighted by Gasteiger charge is -2.21. The van der Waals surface area contributed by atoms with E-state index in [1.54, 1.807) is 36.4 Å². The summed E-state index contributed by atoms with van der Waals surface area (Å²) < 4.78 is 5.17. The second-order valence-electron chi connectivity index (χ2n) is 6.48. The van der Waals surface area contributed by atoms with Gasteiger partial charge in [0.25, 0.3) is 5.91 Å². The summed E-state index contributed by atoms with van der Waals surface area (Å²) in [4.78, 5) is 37.2. The van der Waals surface area contributed by atoms with Gasteiger partial charge in [-0.2, -0.15) is 0 Å². The molecule has 0 fully saturated rings. The molecule has 2 aromatic rings. The zero-order chi connectivity index (χ0) is 20.1. The first-order chi connectivity index (χ1) is 13.5. The van der Waals surface area contributed by atoms with Gasteiger partial charge in [0.2, 0.25) is 5.91 Å². The molecule has 2 amide bonds. The summed E-state index contributed by atoms with van der Waals surface area (Å²) in [7, 11) is 0. The number of amides is 2. The minimum atomic E-state index is -0.372. The van der Waals surface area contributed by atoms with Crippen molar-refractivity contribution in [3.05, 3.63) is 53.6 Å². The average molecular weight is 398 g/mol. The third-order valence-electron chi connectivity index (χ3n) is 4.28. The molecule has 2 aromatic carbocycles. The lowest BCUT2D eigenvalue weighted by atomic mass is 10.1. The predicted molar refractivity (Wildman–Crippen MR) is 110 cm³/mol. The Hall–Kier alpha value is -2.80. The van der Waals surface area contributed by atoms with E-state index in [9.17, 15) is 14.4 Å². The molecule has 1 unspecified atom stereocenters. The Morgan fingerprint density at radius 3 is 2.57 bits per heavy atom. The molecule has 0 bridgehead atoms. The topological polar surface area (TPSA) is 84.5 Å². The van der Waals surface area contributed by atoms with Crippen molar-refractivity contribution in [3.8, 4) is 0 Å². The SMILES string of the molecule is CCCCOC(=O)c1ccc(NC(=O)c2ccc3c(c2)NC(=O)C(C)S3)cc1. The van der Waals surface area contributed by atoms with Gasteiger partial charge in [-0.3, -0.25) is 9.59 Å². The summed E-state index contributed by atoms with van der Waals surface area (Å²) >= 11 is 1.47. The van der Waals surface area contributed by atoms with Gasteiger partial charge < -0.3 is 15.4 Å². The van der Waals surface area contributed by atoms with E-state index in [1.807, 2.05) is 19.9 Å². The Bertz CT molecular complexity index is 896. The molecule has 146 valence electrons. The minimum absolute atomic E-state index is 0.0727. The molecule has 1 aliphatic heterocycles. The average Bonchev–Trinajstić information content (AvgIpc) is 2.69. The number of thioether (sulfide) groups is 1. The van der Waals surface area contributed by atoms with E-state index >= 15 is 0 Å². The summed E-state index contributed by atoms with van der Waals surface area (Å²) in [6.07, 6.45) is 1.79. The Morgan fingerprint density at radius 1 is 1.14 bits per heavy atom. The molecule has 0 aliphatic carbocycles. The normalized spacial score (nSPS) is 15.4.